The first-order valence-electron chi connectivity index (χ1n) is 6.04. The Labute approximate surface area is 98.8 Å². The van der Waals surface area contributed by atoms with Crippen molar-refractivity contribution in [1.82, 2.24) is 10.6 Å². The number of nitrogens with one attached hydrogen (secondary N) is 2. The van der Waals surface area contributed by atoms with Crippen LogP contribution in [0.1, 0.15) is 47.0 Å². The van der Waals surface area contributed by atoms with E-state index in [0.29, 0.717) is 12.0 Å². The summed E-state index contributed by atoms with van der Waals surface area (Å²) < 4.78 is 0. The Morgan fingerprint density at radius 3 is 2.44 bits per heavy atom. The van der Waals surface area contributed by atoms with E-state index < -0.39 is 0 Å². The first kappa shape index (κ1) is 15.2. The molecule has 0 aliphatic rings. The molecular formula is C12H26N2O2. The molecule has 0 spiro atoms. The normalized spacial score (nSPS) is 13.3. The van der Waals surface area contributed by atoms with Crippen LogP contribution < -0.4 is 10.6 Å². The minimum atomic E-state index is -0.185. The number of aliphatic hydroxyl groups excluding tert-OH is 1. The lowest BCUT2D eigenvalue weighted by Gasteiger charge is -2.18. The molecule has 0 heterocycles. The van der Waals surface area contributed by atoms with Gasteiger partial charge in [0.05, 0.1) is 12.6 Å². The number of amides is 2. The van der Waals surface area contributed by atoms with Crippen LogP contribution >= 0.6 is 0 Å². The molecule has 0 fully saturated rings. The molecule has 0 aliphatic heterocycles. The summed E-state index contributed by atoms with van der Waals surface area (Å²) in [6.07, 6.45) is 2.81. The van der Waals surface area contributed by atoms with Crippen LogP contribution in [0.2, 0.25) is 0 Å². The zero-order valence-corrected chi connectivity index (χ0v) is 11.0. The minimum Gasteiger partial charge on any atom is -0.394 e. The zero-order chi connectivity index (χ0) is 12.6. The molecule has 0 aliphatic carbocycles. The van der Waals surface area contributed by atoms with Crippen molar-refractivity contribution < 1.29 is 9.90 Å². The largest absolute Gasteiger partial charge is 0.394 e. The van der Waals surface area contributed by atoms with Crippen LogP contribution in [-0.2, 0) is 0 Å². The number of carbonyl (C=O) groups excluding carboxylic acids is 1. The molecular weight excluding hydrogens is 204 g/mol. The maximum absolute atomic E-state index is 11.4. The van der Waals surface area contributed by atoms with E-state index in [9.17, 15) is 4.79 Å². The third-order valence-electron chi connectivity index (χ3n) is 2.44. The summed E-state index contributed by atoms with van der Waals surface area (Å²) >= 11 is 0. The molecule has 3 N–H and O–H groups in total. The molecule has 4 heteroatoms. The molecule has 0 saturated carbocycles. The molecule has 1 unspecified atom stereocenters. The third kappa shape index (κ3) is 8.53. The number of hydrogen-bond acceptors (Lipinski definition) is 2. The van der Waals surface area contributed by atoms with Crippen LogP contribution in [0.4, 0.5) is 4.79 Å². The van der Waals surface area contributed by atoms with Crippen molar-refractivity contribution in [2.45, 2.75) is 53.0 Å². The lowest BCUT2D eigenvalue weighted by molar-refractivity contribution is 0.214. The summed E-state index contributed by atoms with van der Waals surface area (Å²) in [4.78, 5) is 11.4. The molecule has 0 bridgehead atoms. The highest BCUT2D eigenvalue weighted by molar-refractivity contribution is 5.74. The molecule has 0 rings (SSSR count). The SMILES string of the molecule is CCC(CO)NC(=O)NCCCC(C)(C)C. The van der Waals surface area contributed by atoms with Crippen molar-refractivity contribution in [3.8, 4) is 0 Å². The van der Waals surface area contributed by atoms with Gasteiger partial charge < -0.3 is 15.7 Å². The molecule has 16 heavy (non-hydrogen) atoms. The predicted molar refractivity (Wildman–Crippen MR) is 66.4 cm³/mol. The van der Waals surface area contributed by atoms with Crippen LogP contribution in [0.3, 0.4) is 0 Å². The second-order valence-electron chi connectivity index (χ2n) is 5.35. The summed E-state index contributed by atoms with van der Waals surface area (Å²) in [6, 6.07) is -0.322. The maximum Gasteiger partial charge on any atom is 0.315 e. The van der Waals surface area contributed by atoms with E-state index in [4.69, 9.17) is 5.11 Å². The lowest BCUT2D eigenvalue weighted by Crippen LogP contribution is -2.43. The van der Waals surface area contributed by atoms with E-state index in [0.717, 1.165) is 19.3 Å². The number of rotatable bonds is 6. The predicted octanol–water partition coefficient (Wildman–Crippen LogP) is 1.88. The molecule has 96 valence electrons. The second kappa shape index (κ2) is 7.49. The smallest absolute Gasteiger partial charge is 0.315 e. The zero-order valence-electron chi connectivity index (χ0n) is 11.0. The summed E-state index contributed by atoms with van der Waals surface area (Å²) in [5.74, 6) is 0. The summed E-state index contributed by atoms with van der Waals surface area (Å²) in [5.41, 5.74) is 0.315. The van der Waals surface area contributed by atoms with Gasteiger partial charge in [-0.3, -0.25) is 0 Å². The number of carbonyl (C=O) groups is 1. The van der Waals surface area contributed by atoms with E-state index in [1.54, 1.807) is 0 Å². The van der Waals surface area contributed by atoms with Gasteiger partial charge in [0.25, 0.3) is 0 Å². The van der Waals surface area contributed by atoms with Gasteiger partial charge in [-0.1, -0.05) is 27.7 Å². The molecule has 0 aromatic carbocycles. The Kier molecular flexibility index (Phi) is 7.13. The molecule has 1 atom stereocenters. The van der Waals surface area contributed by atoms with Crippen molar-refractivity contribution in [3.05, 3.63) is 0 Å². The third-order valence-corrected chi connectivity index (χ3v) is 2.44. The Hall–Kier alpha value is -0.770. The maximum atomic E-state index is 11.4. The van der Waals surface area contributed by atoms with E-state index >= 15 is 0 Å². The Bertz CT molecular complexity index is 196. The van der Waals surface area contributed by atoms with Crippen LogP contribution in [-0.4, -0.2) is 30.3 Å². The number of urea groups is 1. The van der Waals surface area contributed by atoms with Crippen LogP contribution in [0.5, 0.6) is 0 Å². The van der Waals surface area contributed by atoms with E-state index in [-0.39, 0.29) is 18.7 Å². The molecule has 4 nitrogen and oxygen atoms in total. The highest BCUT2D eigenvalue weighted by Gasteiger charge is 2.10. The summed E-state index contributed by atoms with van der Waals surface area (Å²) in [7, 11) is 0. The highest BCUT2D eigenvalue weighted by atomic mass is 16.3. The summed E-state index contributed by atoms with van der Waals surface area (Å²) in [5, 5.41) is 14.4. The first-order valence-corrected chi connectivity index (χ1v) is 6.04. The fourth-order valence-corrected chi connectivity index (χ4v) is 1.33. The number of aliphatic hydroxyl groups is 1. The van der Waals surface area contributed by atoms with Gasteiger partial charge in [-0.05, 0) is 24.7 Å². The topological polar surface area (TPSA) is 61.4 Å². The standard InChI is InChI=1S/C12H26N2O2/c1-5-10(9-15)14-11(16)13-8-6-7-12(2,3)4/h10,15H,5-9H2,1-4H3,(H2,13,14,16). The van der Waals surface area contributed by atoms with Crippen molar-refractivity contribution in [1.29, 1.82) is 0 Å². The van der Waals surface area contributed by atoms with Gasteiger partial charge in [0, 0.05) is 6.54 Å². The van der Waals surface area contributed by atoms with E-state index in [2.05, 4.69) is 31.4 Å². The Morgan fingerprint density at radius 2 is 2.00 bits per heavy atom. The van der Waals surface area contributed by atoms with Crippen molar-refractivity contribution >= 4 is 6.03 Å². The first-order chi connectivity index (χ1) is 7.39. The fraction of sp³-hybridized carbons (Fsp3) is 0.917. The average molecular weight is 230 g/mol. The highest BCUT2D eigenvalue weighted by Crippen LogP contribution is 2.19. The molecule has 0 aromatic rings. The van der Waals surface area contributed by atoms with Crippen LogP contribution in [0.15, 0.2) is 0 Å². The number of hydrogen-bond donors (Lipinski definition) is 3. The molecule has 0 radical (unpaired) electrons. The lowest BCUT2D eigenvalue weighted by atomic mass is 9.91. The van der Waals surface area contributed by atoms with Crippen LogP contribution in [0.25, 0.3) is 0 Å². The second-order valence-corrected chi connectivity index (χ2v) is 5.35. The van der Waals surface area contributed by atoms with Gasteiger partial charge in [0.2, 0.25) is 0 Å². The molecule has 0 saturated heterocycles. The van der Waals surface area contributed by atoms with Gasteiger partial charge in [-0.2, -0.15) is 0 Å². The average Bonchev–Trinajstić information content (AvgIpc) is 2.19. The van der Waals surface area contributed by atoms with Gasteiger partial charge in [0.1, 0.15) is 0 Å². The van der Waals surface area contributed by atoms with E-state index in [1.807, 2.05) is 6.92 Å². The fourth-order valence-electron chi connectivity index (χ4n) is 1.33. The van der Waals surface area contributed by atoms with Gasteiger partial charge in [-0.25, -0.2) is 4.79 Å². The van der Waals surface area contributed by atoms with Gasteiger partial charge in [0.15, 0.2) is 0 Å². The Balaban J connectivity index is 3.58. The van der Waals surface area contributed by atoms with E-state index in [1.165, 1.54) is 0 Å². The van der Waals surface area contributed by atoms with Crippen molar-refractivity contribution in [3.63, 3.8) is 0 Å². The quantitative estimate of drug-likeness (QED) is 0.610. The van der Waals surface area contributed by atoms with Gasteiger partial charge in [-0.15, -0.1) is 0 Å². The monoisotopic (exact) mass is 230 g/mol. The summed E-state index contributed by atoms with van der Waals surface area (Å²) in [6.45, 7) is 9.17. The molecule has 0 aromatic heterocycles. The molecule has 2 amide bonds. The van der Waals surface area contributed by atoms with Crippen molar-refractivity contribution in [2.24, 2.45) is 5.41 Å². The van der Waals surface area contributed by atoms with Gasteiger partial charge >= 0.3 is 6.03 Å². The van der Waals surface area contributed by atoms with Crippen LogP contribution in [0, 0.1) is 5.41 Å². The van der Waals surface area contributed by atoms with Crippen molar-refractivity contribution in [2.75, 3.05) is 13.2 Å². The Morgan fingerprint density at radius 1 is 1.38 bits per heavy atom. The minimum absolute atomic E-state index is 0.00802.